The van der Waals surface area contributed by atoms with E-state index in [2.05, 4.69) is 108 Å². The number of aryl methyl sites for hydroxylation is 4. The maximum Gasteiger partial charge on any atom is 0.0921 e. The molecule has 6 heteroatoms. The van der Waals surface area contributed by atoms with Crippen molar-refractivity contribution in [3.05, 3.63) is 159 Å². The zero-order valence-corrected chi connectivity index (χ0v) is 25.6. The van der Waals surface area contributed by atoms with E-state index in [1.54, 1.807) is 19.0 Å². The van der Waals surface area contributed by atoms with Crippen molar-refractivity contribution in [2.24, 2.45) is 0 Å². The molecule has 0 saturated heterocycles. The van der Waals surface area contributed by atoms with E-state index < -0.39 is 0 Å². The molecule has 0 spiro atoms. The highest BCUT2D eigenvalue weighted by Crippen LogP contribution is 2.23. The van der Waals surface area contributed by atoms with E-state index in [0.29, 0.717) is 0 Å². The zero-order chi connectivity index (χ0) is 29.9. The number of nitrogens with zero attached hydrogens (tertiary/aromatic N) is 3. The molecule has 0 atom stereocenters. The summed E-state index contributed by atoms with van der Waals surface area (Å²) >= 11 is 0. The molecule has 0 aliphatic heterocycles. The van der Waals surface area contributed by atoms with Crippen molar-refractivity contribution < 1.29 is 0 Å². The van der Waals surface area contributed by atoms with Crippen LogP contribution in [0.4, 0.5) is 0 Å². The second-order valence-electron chi connectivity index (χ2n) is 10.9. The van der Waals surface area contributed by atoms with Crippen molar-refractivity contribution in [3.8, 4) is 0 Å². The number of rotatable bonds is 6. The van der Waals surface area contributed by atoms with Crippen LogP contribution in [0.25, 0.3) is 0 Å². The van der Waals surface area contributed by atoms with Crippen molar-refractivity contribution in [1.82, 2.24) is 29.9 Å². The highest BCUT2D eigenvalue weighted by Gasteiger charge is 2.09. The Balaban J connectivity index is 0.000000146. The molecular weight excluding hydrogens is 516 g/mol. The average molecular weight is 559 g/mol. The first-order valence-corrected chi connectivity index (χ1v) is 14.4. The highest BCUT2D eigenvalue weighted by atomic mass is 14.9. The van der Waals surface area contributed by atoms with Crippen LogP contribution >= 0.6 is 0 Å². The molecule has 6 nitrogen and oxygen atoms in total. The van der Waals surface area contributed by atoms with Crippen LogP contribution < -0.4 is 0 Å². The van der Waals surface area contributed by atoms with Crippen LogP contribution in [0.1, 0.15) is 67.2 Å². The summed E-state index contributed by atoms with van der Waals surface area (Å²) in [7, 11) is 0. The molecule has 0 bridgehead atoms. The first-order chi connectivity index (χ1) is 20.3. The smallest absolute Gasteiger partial charge is 0.0921 e. The van der Waals surface area contributed by atoms with Crippen LogP contribution in [0.5, 0.6) is 0 Å². The van der Waals surface area contributed by atoms with E-state index in [1.165, 1.54) is 61.5 Å². The molecule has 3 heterocycles. The molecule has 6 rings (SSSR count). The minimum Gasteiger partial charge on any atom is -0.348 e. The lowest BCUT2D eigenvalue weighted by Gasteiger charge is -2.14. The van der Waals surface area contributed by atoms with Crippen LogP contribution in [0.2, 0.25) is 0 Å². The van der Waals surface area contributed by atoms with Gasteiger partial charge < -0.3 is 15.0 Å². The summed E-state index contributed by atoms with van der Waals surface area (Å²) in [5.41, 5.74) is 15.9. The number of aromatic nitrogens is 6. The molecule has 0 amide bonds. The van der Waals surface area contributed by atoms with Gasteiger partial charge >= 0.3 is 0 Å². The number of imidazole rings is 3. The lowest BCUT2D eigenvalue weighted by molar-refractivity contribution is 1.04. The van der Waals surface area contributed by atoms with Gasteiger partial charge in [0.15, 0.2) is 0 Å². The Morgan fingerprint density at radius 1 is 0.476 bits per heavy atom. The number of hydrogen-bond acceptors (Lipinski definition) is 3. The summed E-state index contributed by atoms with van der Waals surface area (Å²) in [6, 6.07) is 19.0. The van der Waals surface area contributed by atoms with E-state index >= 15 is 0 Å². The molecule has 3 aromatic heterocycles. The minimum absolute atomic E-state index is 0.931. The molecule has 42 heavy (non-hydrogen) atoms. The number of aromatic amines is 3. The van der Waals surface area contributed by atoms with Gasteiger partial charge in [-0.1, -0.05) is 54.6 Å². The summed E-state index contributed by atoms with van der Waals surface area (Å²) in [5.74, 6) is 0. The van der Waals surface area contributed by atoms with Gasteiger partial charge in [-0.2, -0.15) is 0 Å². The molecule has 3 N–H and O–H groups in total. The van der Waals surface area contributed by atoms with Crippen LogP contribution in [0.15, 0.2) is 92.2 Å². The van der Waals surface area contributed by atoms with Crippen LogP contribution in [0.3, 0.4) is 0 Å². The third-order valence-corrected chi connectivity index (χ3v) is 7.80. The lowest BCUT2D eigenvalue weighted by atomic mass is 9.92. The Morgan fingerprint density at radius 3 is 1.38 bits per heavy atom. The lowest BCUT2D eigenvalue weighted by Crippen LogP contribution is -2.00. The predicted octanol–water partition coefficient (Wildman–Crippen LogP) is 7.85. The first kappa shape index (κ1) is 30.3. The Hall–Kier alpha value is -4.71. The third-order valence-electron chi connectivity index (χ3n) is 7.80. The molecule has 0 radical (unpaired) electrons. The van der Waals surface area contributed by atoms with Crippen LogP contribution in [0, 0.1) is 41.5 Å². The fourth-order valence-electron chi connectivity index (χ4n) is 5.03. The fourth-order valence-corrected chi connectivity index (χ4v) is 5.03. The second-order valence-corrected chi connectivity index (χ2v) is 10.9. The summed E-state index contributed by atoms with van der Waals surface area (Å²) in [6.45, 7) is 13.1. The molecule has 0 unspecified atom stereocenters. The van der Waals surface area contributed by atoms with E-state index in [4.69, 9.17) is 0 Å². The summed E-state index contributed by atoms with van der Waals surface area (Å²) in [4.78, 5) is 21.4. The van der Waals surface area contributed by atoms with E-state index in [-0.39, 0.29) is 0 Å². The van der Waals surface area contributed by atoms with Gasteiger partial charge in [0.2, 0.25) is 0 Å². The third kappa shape index (κ3) is 8.40. The molecule has 0 aliphatic carbocycles. The molecule has 6 aromatic rings. The van der Waals surface area contributed by atoms with Crippen LogP contribution in [-0.4, -0.2) is 29.9 Å². The van der Waals surface area contributed by atoms with Crippen molar-refractivity contribution >= 4 is 0 Å². The summed E-state index contributed by atoms with van der Waals surface area (Å²) in [5, 5.41) is 0. The van der Waals surface area contributed by atoms with Gasteiger partial charge in [-0.05, 0) is 91.6 Å². The van der Waals surface area contributed by atoms with Gasteiger partial charge in [0.05, 0.1) is 19.0 Å². The van der Waals surface area contributed by atoms with Gasteiger partial charge in [0.1, 0.15) is 0 Å². The zero-order valence-electron chi connectivity index (χ0n) is 25.6. The summed E-state index contributed by atoms with van der Waals surface area (Å²) < 4.78 is 0. The molecule has 216 valence electrons. The van der Waals surface area contributed by atoms with E-state index in [0.717, 1.165) is 25.0 Å². The standard InChI is InChI=1S/C14H18N2.C12H14N2.C10H10N2/c1-9-5-10(2)12(4)14(11(9)3)6-13-7-15-8-16-13;1-9-4-3-5-10(2)12(9)6-11-7-13-8-14-11;1-2-4-9(5-3-1)6-10-7-11-8-12-10/h5,7-8H,6H2,1-4H3,(H,15,16);3-5,7-8H,6H2,1-2H3,(H,13,14);1-5,7-8H,6H2,(H,11,12). The Kier molecular flexibility index (Phi) is 10.6. The average Bonchev–Trinajstić information content (AvgIpc) is 3.79. The molecular formula is C36H42N6. The molecule has 3 aromatic carbocycles. The predicted molar refractivity (Wildman–Crippen MR) is 172 cm³/mol. The maximum atomic E-state index is 4.07. The quantitative estimate of drug-likeness (QED) is 0.195. The van der Waals surface area contributed by atoms with Crippen molar-refractivity contribution in [3.63, 3.8) is 0 Å². The fraction of sp³-hybridized carbons (Fsp3) is 0.250. The maximum absolute atomic E-state index is 4.07. The van der Waals surface area contributed by atoms with Gasteiger partial charge in [-0.25, -0.2) is 15.0 Å². The number of hydrogen-bond donors (Lipinski definition) is 3. The minimum atomic E-state index is 0.931. The highest BCUT2D eigenvalue weighted by molar-refractivity contribution is 5.45. The number of nitrogens with one attached hydrogen (secondary N) is 3. The van der Waals surface area contributed by atoms with Crippen molar-refractivity contribution in [1.29, 1.82) is 0 Å². The van der Waals surface area contributed by atoms with Gasteiger partial charge in [-0.15, -0.1) is 0 Å². The summed E-state index contributed by atoms with van der Waals surface area (Å²) in [6.07, 6.45) is 13.6. The molecule has 0 saturated carbocycles. The molecule has 0 aliphatic rings. The van der Waals surface area contributed by atoms with Crippen LogP contribution in [-0.2, 0) is 19.3 Å². The van der Waals surface area contributed by atoms with Gasteiger partial charge in [-0.3, -0.25) is 0 Å². The topological polar surface area (TPSA) is 86.0 Å². The van der Waals surface area contributed by atoms with E-state index in [9.17, 15) is 0 Å². The van der Waals surface area contributed by atoms with Crippen molar-refractivity contribution in [2.45, 2.75) is 60.8 Å². The van der Waals surface area contributed by atoms with Crippen molar-refractivity contribution in [2.75, 3.05) is 0 Å². The molecule has 0 fully saturated rings. The second kappa shape index (κ2) is 14.8. The normalized spacial score (nSPS) is 10.4. The SMILES string of the molecule is Cc1cc(C)c(C)c(Cc2cnc[nH]2)c1C.Cc1cccc(C)c1Cc1cnc[nH]1.c1ccc(Cc2cnc[nH]2)cc1. The first-order valence-electron chi connectivity index (χ1n) is 14.4. The van der Waals surface area contributed by atoms with E-state index in [1.807, 2.05) is 36.8 Å². The van der Waals surface area contributed by atoms with Gasteiger partial charge in [0, 0.05) is 54.9 Å². The monoisotopic (exact) mass is 558 g/mol. The number of H-pyrrole nitrogens is 3. The Morgan fingerprint density at radius 2 is 0.929 bits per heavy atom. The largest absolute Gasteiger partial charge is 0.348 e. The Labute approximate surface area is 249 Å². The number of benzene rings is 3. The van der Waals surface area contributed by atoms with Gasteiger partial charge in [0.25, 0.3) is 0 Å². The Bertz CT molecular complexity index is 1590.